The second-order valence-electron chi connectivity index (χ2n) is 5.04. The summed E-state index contributed by atoms with van der Waals surface area (Å²) in [6.07, 6.45) is 3.25. The van der Waals surface area contributed by atoms with Gasteiger partial charge in [0.1, 0.15) is 11.4 Å². The molecule has 3 heterocycles. The number of benzene rings is 1. The van der Waals surface area contributed by atoms with Crippen LogP contribution in [0.5, 0.6) is 11.5 Å². The number of furan rings is 1. The smallest absolute Gasteiger partial charge is 0.190 e. The van der Waals surface area contributed by atoms with E-state index in [1.807, 2.05) is 0 Å². The molecule has 3 aromatic heterocycles. The maximum absolute atomic E-state index is 10.0. The molecule has 24 heavy (non-hydrogen) atoms. The summed E-state index contributed by atoms with van der Waals surface area (Å²) < 4.78 is 7.00. The Labute approximate surface area is 136 Å². The van der Waals surface area contributed by atoms with E-state index in [1.165, 1.54) is 18.4 Å². The highest BCUT2D eigenvalue weighted by Gasteiger charge is 2.18. The van der Waals surface area contributed by atoms with Crippen LogP contribution in [0.2, 0.25) is 0 Å². The molecule has 0 amide bonds. The molecule has 0 fully saturated rings. The van der Waals surface area contributed by atoms with Crippen molar-refractivity contribution in [1.82, 2.24) is 9.38 Å². The van der Waals surface area contributed by atoms with E-state index >= 15 is 0 Å². The third kappa shape index (κ3) is 2.28. The maximum atomic E-state index is 10.0. The molecule has 0 aliphatic carbocycles. The first-order chi connectivity index (χ1) is 11.7. The van der Waals surface area contributed by atoms with Crippen molar-refractivity contribution in [1.29, 1.82) is 0 Å². The molecule has 7 nitrogen and oxygen atoms in total. The van der Waals surface area contributed by atoms with Gasteiger partial charge in [0.15, 0.2) is 28.7 Å². The lowest BCUT2D eigenvalue weighted by molar-refractivity contribution is 0.476. The van der Waals surface area contributed by atoms with Gasteiger partial charge in [0.05, 0.1) is 6.26 Å². The third-order valence-electron chi connectivity index (χ3n) is 3.49. The van der Waals surface area contributed by atoms with Crippen molar-refractivity contribution in [2.24, 2.45) is 10.2 Å². The van der Waals surface area contributed by atoms with Crippen molar-refractivity contribution < 1.29 is 14.6 Å². The van der Waals surface area contributed by atoms with Crippen molar-refractivity contribution in [3.8, 4) is 23.0 Å². The first kappa shape index (κ1) is 14.0. The molecule has 0 saturated heterocycles. The highest BCUT2D eigenvalue weighted by molar-refractivity contribution is 5.73. The number of aromatic nitrogens is 2. The molecular weight excluding hydrogens is 308 g/mol. The van der Waals surface area contributed by atoms with Crippen molar-refractivity contribution in [2.75, 3.05) is 0 Å². The van der Waals surface area contributed by atoms with Crippen molar-refractivity contribution >= 4 is 17.2 Å². The fraction of sp³-hybridized carbons (Fsp3) is 0. The number of pyridine rings is 1. The predicted molar refractivity (Wildman–Crippen MR) is 86.8 cm³/mol. The number of phenols is 1. The van der Waals surface area contributed by atoms with Gasteiger partial charge in [-0.05, 0) is 36.4 Å². The van der Waals surface area contributed by atoms with Crippen LogP contribution >= 0.6 is 0 Å². The molecule has 0 bridgehead atoms. The highest BCUT2D eigenvalue weighted by atomic mass is 16.3. The molecule has 7 heteroatoms. The summed E-state index contributed by atoms with van der Waals surface area (Å²) in [4.78, 5) is 4.39. The van der Waals surface area contributed by atoms with E-state index in [2.05, 4.69) is 15.2 Å². The van der Waals surface area contributed by atoms with Gasteiger partial charge in [-0.25, -0.2) is 4.98 Å². The summed E-state index contributed by atoms with van der Waals surface area (Å²) in [5, 5.41) is 28.1. The fourth-order valence-electron chi connectivity index (χ4n) is 2.36. The van der Waals surface area contributed by atoms with E-state index in [4.69, 9.17) is 4.42 Å². The average molecular weight is 320 g/mol. The van der Waals surface area contributed by atoms with Gasteiger partial charge in [-0.15, -0.1) is 10.2 Å². The van der Waals surface area contributed by atoms with Gasteiger partial charge >= 0.3 is 0 Å². The second kappa shape index (κ2) is 5.54. The Morgan fingerprint density at radius 1 is 0.917 bits per heavy atom. The van der Waals surface area contributed by atoms with E-state index in [1.54, 1.807) is 47.0 Å². The molecule has 0 saturated carbocycles. The van der Waals surface area contributed by atoms with Gasteiger partial charge in [-0.3, -0.25) is 4.40 Å². The molecule has 0 aliphatic rings. The zero-order valence-electron chi connectivity index (χ0n) is 12.4. The number of aromatic hydroxyl groups is 2. The number of para-hydroxylation sites is 1. The molecular formula is C17H12N4O3. The number of hydrogen-bond acceptors (Lipinski definition) is 6. The number of fused-ring (bicyclic) bond motifs is 1. The Kier molecular flexibility index (Phi) is 3.24. The summed E-state index contributed by atoms with van der Waals surface area (Å²) in [6.45, 7) is 0. The zero-order chi connectivity index (χ0) is 16.5. The lowest BCUT2D eigenvalue weighted by Gasteiger charge is -1.99. The van der Waals surface area contributed by atoms with Crippen LogP contribution in [0.4, 0.5) is 11.5 Å². The monoisotopic (exact) mass is 320 g/mol. The number of hydrogen-bond donors (Lipinski definition) is 2. The molecule has 4 aromatic rings. The van der Waals surface area contributed by atoms with Gasteiger partial charge in [-0.2, -0.15) is 0 Å². The Morgan fingerprint density at radius 3 is 2.54 bits per heavy atom. The quantitative estimate of drug-likeness (QED) is 0.546. The van der Waals surface area contributed by atoms with E-state index in [0.717, 1.165) is 0 Å². The standard InChI is InChI=1S/C17H12N4O3/c22-12-6-2-1-5-11(12)19-20-17-15(14-8-4-10-24-14)18-16-13(23)7-3-9-21(16)17/h1-10,22-23H. The molecule has 2 N–H and O–H groups in total. The molecule has 0 unspecified atom stereocenters. The highest BCUT2D eigenvalue weighted by Crippen LogP contribution is 2.35. The van der Waals surface area contributed by atoms with Crippen LogP contribution in [-0.2, 0) is 0 Å². The topological polar surface area (TPSA) is 95.6 Å². The maximum Gasteiger partial charge on any atom is 0.190 e. The van der Waals surface area contributed by atoms with Gasteiger partial charge < -0.3 is 14.6 Å². The lowest BCUT2D eigenvalue weighted by Crippen LogP contribution is -1.82. The van der Waals surface area contributed by atoms with Crippen LogP contribution in [0.25, 0.3) is 17.1 Å². The Hall–Kier alpha value is -3.61. The van der Waals surface area contributed by atoms with Crippen LogP contribution in [-0.4, -0.2) is 19.6 Å². The molecule has 1 aromatic carbocycles. The zero-order valence-corrected chi connectivity index (χ0v) is 12.4. The summed E-state index contributed by atoms with van der Waals surface area (Å²) >= 11 is 0. The van der Waals surface area contributed by atoms with Crippen LogP contribution in [0.1, 0.15) is 0 Å². The average Bonchev–Trinajstić information content (AvgIpc) is 3.22. The van der Waals surface area contributed by atoms with E-state index < -0.39 is 0 Å². The largest absolute Gasteiger partial charge is 0.506 e. The van der Waals surface area contributed by atoms with Crippen molar-refractivity contribution in [3.05, 3.63) is 61.0 Å². The fourth-order valence-corrected chi connectivity index (χ4v) is 2.36. The van der Waals surface area contributed by atoms with Crippen LogP contribution in [0, 0.1) is 0 Å². The minimum Gasteiger partial charge on any atom is -0.506 e. The van der Waals surface area contributed by atoms with Crippen LogP contribution in [0.15, 0.2) is 75.6 Å². The lowest BCUT2D eigenvalue weighted by atomic mass is 10.3. The number of phenolic OH excluding ortho intramolecular Hbond substituents is 1. The normalized spacial score (nSPS) is 11.5. The van der Waals surface area contributed by atoms with Crippen LogP contribution in [0.3, 0.4) is 0 Å². The third-order valence-corrected chi connectivity index (χ3v) is 3.49. The summed E-state index contributed by atoms with van der Waals surface area (Å²) in [6, 6.07) is 13.3. The van der Waals surface area contributed by atoms with E-state index in [0.29, 0.717) is 28.6 Å². The van der Waals surface area contributed by atoms with Gasteiger partial charge in [0.2, 0.25) is 0 Å². The molecule has 0 radical (unpaired) electrons. The van der Waals surface area contributed by atoms with Gasteiger partial charge in [-0.1, -0.05) is 12.1 Å². The summed E-state index contributed by atoms with van der Waals surface area (Å²) in [7, 11) is 0. The molecule has 0 spiro atoms. The summed E-state index contributed by atoms with van der Waals surface area (Å²) in [5.41, 5.74) is 1.12. The first-order valence-electron chi connectivity index (χ1n) is 7.17. The molecule has 0 aliphatic heterocycles. The Balaban J connectivity index is 1.92. The molecule has 4 rings (SSSR count). The van der Waals surface area contributed by atoms with E-state index in [-0.39, 0.29) is 11.5 Å². The van der Waals surface area contributed by atoms with E-state index in [9.17, 15) is 10.2 Å². The summed E-state index contributed by atoms with van der Waals surface area (Å²) in [5.74, 6) is 0.940. The van der Waals surface area contributed by atoms with Gasteiger partial charge in [0.25, 0.3) is 0 Å². The minimum atomic E-state index is 0.0225. The Bertz CT molecular complexity index is 1040. The second-order valence-corrected chi connectivity index (χ2v) is 5.04. The predicted octanol–water partition coefficient (Wildman–Crippen LogP) is 4.42. The SMILES string of the molecule is Oc1ccccc1N=Nc1c(-c2ccco2)nc2c(O)cccn12. The van der Waals surface area contributed by atoms with Crippen molar-refractivity contribution in [3.63, 3.8) is 0 Å². The first-order valence-corrected chi connectivity index (χ1v) is 7.17. The Morgan fingerprint density at radius 2 is 1.75 bits per heavy atom. The van der Waals surface area contributed by atoms with Gasteiger partial charge in [0, 0.05) is 6.20 Å². The molecule has 0 atom stereocenters. The number of imidazole rings is 1. The number of nitrogens with zero attached hydrogens (tertiary/aromatic N) is 4. The number of azo groups is 1. The molecule has 118 valence electrons. The van der Waals surface area contributed by atoms with Crippen molar-refractivity contribution in [2.45, 2.75) is 0 Å². The number of rotatable bonds is 3. The van der Waals surface area contributed by atoms with Crippen LogP contribution < -0.4 is 0 Å². The minimum absolute atomic E-state index is 0.0225.